The number of nitrogens with one attached hydrogen (secondary N) is 1. The summed E-state index contributed by atoms with van der Waals surface area (Å²) in [6, 6.07) is 0. The van der Waals surface area contributed by atoms with Gasteiger partial charge in [-0.05, 0) is 74.4 Å². The predicted octanol–water partition coefficient (Wildman–Crippen LogP) is 1.66. The molecule has 4 heteroatoms. The molecule has 1 rings (SSSR count). The van der Waals surface area contributed by atoms with Gasteiger partial charge in [0.15, 0.2) is 0 Å². The summed E-state index contributed by atoms with van der Waals surface area (Å²) in [6.45, 7) is 9.84. The molecule has 0 spiro atoms. The molecule has 0 aromatic heterocycles. The van der Waals surface area contributed by atoms with Crippen LogP contribution in [0.5, 0.6) is 0 Å². The molecule has 20 heavy (non-hydrogen) atoms. The van der Waals surface area contributed by atoms with Crippen molar-refractivity contribution in [3.05, 3.63) is 0 Å². The summed E-state index contributed by atoms with van der Waals surface area (Å²) in [7, 11) is 8.62. The third kappa shape index (κ3) is 6.53. The summed E-state index contributed by atoms with van der Waals surface area (Å²) < 4.78 is 5.91. The molecule has 1 aliphatic rings. The highest BCUT2D eigenvalue weighted by atomic mass is 16.5. The molecule has 1 saturated heterocycles. The first kappa shape index (κ1) is 17.9. The van der Waals surface area contributed by atoms with Gasteiger partial charge in [0.1, 0.15) is 0 Å². The van der Waals surface area contributed by atoms with Gasteiger partial charge >= 0.3 is 0 Å². The number of hydrogen-bond donors (Lipinski definition) is 1. The molecule has 0 aromatic carbocycles. The quantitative estimate of drug-likeness (QED) is 0.687. The van der Waals surface area contributed by atoms with Crippen molar-refractivity contribution in [1.29, 1.82) is 0 Å². The lowest BCUT2D eigenvalue weighted by Crippen LogP contribution is -2.51. The molecule has 1 heterocycles. The van der Waals surface area contributed by atoms with E-state index in [1.54, 1.807) is 0 Å². The van der Waals surface area contributed by atoms with Crippen LogP contribution in [-0.4, -0.2) is 76.4 Å². The average molecular weight is 285 g/mol. The SMILES string of the molecule is CN(C)CCCNC[C@@]1(CN(C)C)CCOC(C)(C)C1. The number of ether oxygens (including phenoxy) is 1. The molecule has 120 valence electrons. The highest BCUT2D eigenvalue weighted by Gasteiger charge is 2.40. The summed E-state index contributed by atoms with van der Waals surface area (Å²) in [4.78, 5) is 4.57. The van der Waals surface area contributed by atoms with Crippen LogP contribution in [0.4, 0.5) is 0 Å². The minimum Gasteiger partial charge on any atom is -0.376 e. The fraction of sp³-hybridized carbons (Fsp3) is 1.00. The lowest BCUT2D eigenvalue weighted by molar-refractivity contribution is -0.109. The molecular formula is C16H35N3O. The van der Waals surface area contributed by atoms with Gasteiger partial charge in [-0.15, -0.1) is 0 Å². The average Bonchev–Trinajstić information content (AvgIpc) is 2.25. The van der Waals surface area contributed by atoms with Crippen LogP contribution in [0.1, 0.15) is 33.1 Å². The standard InChI is InChI=1S/C16H35N3O/c1-15(2)12-16(8-11-20-15,14-19(5)6)13-17-9-7-10-18(3)4/h17H,7-14H2,1-6H3/t16-/m1/s1. The lowest BCUT2D eigenvalue weighted by Gasteiger charge is -2.46. The van der Waals surface area contributed by atoms with E-state index in [-0.39, 0.29) is 5.60 Å². The van der Waals surface area contributed by atoms with Crippen molar-refractivity contribution in [1.82, 2.24) is 15.1 Å². The van der Waals surface area contributed by atoms with Gasteiger partial charge in [-0.25, -0.2) is 0 Å². The zero-order valence-electron chi connectivity index (χ0n) is 14.5. The molecule has 0 aliphatic carbocycles. The Balaban J connectivity index is 2.47. The number of rotatable bonds is 8. The third-order valence-corrected chi connectivity index (χ3v) is 4.04. The topological polar surface area (TPSA) is 27.7 Å². The summed E-state index contributed by atoms with van der Waals surface area (Å²) in [5, 5.41) is 3.69. The number of nitrogens with zero attached hydrogens (tertiary/aromatic N) is 2. The lowest BCUT2D eigenvalue weighted by atomic mass is 9.73. The van der Waals surface area contributed by atoms with Crippen molar-refractivity contribution in [3.63, 3.8) is 0 Å². The van der Waals surface area contributed by atoms with E-state index in [0.29, 0.717) is 5.41 Å². The second kappa shape index (κ2) is 7.74. The highest BCUT2D eigenvalue weighted by molar-refractivity contribution is 4.93. The van der Waals surface area contributed by atoms with E-state index in [9.17, 15) is 0 Å². The van der Waals surface area contributed by atoms with Gasteiger partial charge < -0.3 is 19.9 Å². The van der Waals surface area contributed by atoms with E-state index < -0.39 is 0 Å². The molecule has 0 aromatic rings. The molecule has 1 aliphatic heterocycles. The predicted molar refractivity (Wildman–Crippen MR) is 86.3 cm³/mol. The fourth-order valence-electron chi connectivity index (χ4n) is 3.47. The first-order valence-electron chi connectivity index (χ1n) is 7.89. The smallest absolute Gasteiger partial charge is 0.0632 e. The van der Waals surface area contributed by atoms with Crippen LogP contribution >= 0.6 is 0 Å². The molecule has 4 nitrogen and oxygen atoms in total. The van der Waals surface area contributed by atoms with Crippen molar-refractivity contribution >= 4 is 0 Å². The van der Waals surface area contributed by atoms with Crippen LogP contribution in [0.3, 0.4) is 0 Å². The molecule has 0 bridgehead atoms. The second-order valence-electron chi connectivity index (χ2n) is 7.61. The first-order valence-corrected chi connectivity index (χ1v) is 7.89. The molecule has 0 unspecified atom stereocenters. The van der Waals surface area contributed by atoms with E-state index in [0.717, 1.165) is 45.6 Å². The Morgan fingerprint density at radius 1 is 1.10 bits per heavy atom. The third-order valence-electron chi connectivity index (χ3n) is 4.04. The Morgan fingerprint density at radius 3 is 2.35 bits per heavy atom. The Bertz CT molecular complexity index is 279. The zero-order chi connectivity index (χ0) is 15.2. The monoisotopic (exact) mass is 285 g/mol. The molecule has 1 atom stereocenters. The Hall–Kier alpha value is -0.160. The zero-order valence-corrected chi connectivity index (χ0v) is 14.5. The van der Waals surface area contributed by atoms with Gasteiger partial charge in [-0.1, -0.05) is 0 Å². The fourth-order valence-corrected chi connectivity index (χ4v) is 3.47. The van der Waals surface area contributed by atoms with Crippen molar-refractivity contribution in [2.45, 2.75) is 38.7 Å². The summed E-state index contributed by atoms with van der Waals surface area (Å²) in [6.07, 6.45) is 3.51. The van der Waals surface area contributed by atoms with Crippen molar-refractivity contribution < 1.29 is 4.74 Å². The largest absolute Gasteiger partial charge is 0.376 e. The molecular weight excluding hydrogens is 250 g/mol. The van der Waals surface area contributed by atoms with E-state index in [4.69, 9.17) is 4.74 Å². The van der Waals surface area contributed by atoms with Gasteiger partial charge in [0.25, 0.3) is 0 Å². The summed E-state index contributed by atoms with van der Waals surface area (Å²) >= 11 is 0. The van der Waals surface area contributed by atoms with Gasteiger partial charge in [-0.3, -0.25) is 0 Å². The van der Waals surface area contributed by atoms with Gasteiger partial charge in [-0.2, -0.15) is 0 Å². The van der Waals surface area contributed by atoms with E-state index in [1.807, 2.05) is 0 Å². The van der Waals surface area contributed by atoms with Crippen LogP contribution in [0.25, 0.3) is 0 Å². The summed E-state index contributed by atoms with van der Waals surface area (Å²) in [5.41, 5.74) is 0.364. The molecule has 0 saturated carbocycles. The highest BCUT2D eigenvalue weighted by Crippen LogP contribution is 2.38. The van der Waals surface area contributed by atoms with Gasteiger partial charge in [0, 0.05) is 25.1 Å². The Labute approximate surface area is 125 Å². The van der Waals surface area contributed by atoms with Crippen LogP contribution < -0.4 is 5.32 Å². The van der Waals surface area contributed by atoms with E-state index in [1.165, 1.54) is 6.42 Å². The maximum atomic E-state index is 5.91. The molecule has 0 amide bonds. The minimum atomic E-state index is 0.0135. The van der Waals surface area contributed by atoms with Crippen molar-refractivity contribution in [3.8, 4) is 0 Å². The summed E-state index contributed by atoms with van der Waals surface area (Å²) in [5.74, 6) is 0. The normalized spacial score (nSPS) is 26.4. The van der Waals surface area contributed by atoms with E-state index in [2.05, 4.69) is 57.2 Å². The molecule has 1 fully saturated rings. The molecule has 1 N–H and O–H groups in total. The second-order valence-corrected chi connectivity index (χ2v) is 7.61. The van der Waals surface area contributed by atoms with Gasteiger partial charge in [0.05, 0.1) is 5.60 Å². The maximum absolute atomic E-state index is 5.91. The molecule has 0 radical (unpaired) electrons. The van der Waals surface area contributed by atoms with Crippen LogP contribution in [0.2, 0.25) is 0 Å². The van der Waals surface area contributed by atoms with Crippen LogP contribution in [-0.2, 0) is 4.74 Å². The van der Waals surface area contributed by atoms with Crippen LogP contribution in [0.15, 0.2) is 0 Å². The maximum Gasteiger partial charge on any atom is 0.0632 e. The van der Waals surface area contributed by atoms with Crippen molar-refractivity contribution in [2.24, 2.45) is 5.41 Å². The van der Waals surface area contributed by atoms with Gasteiger partial charge in [0.2, 0.25) is 0 Å². The first-order chi connectivity index (χ1) is 9.25. The van der Waals surface area contributed by atoms with Crippen LogP contribution in [0, 0.1) is 5.41 Å². The Kier molecular flexibility index (Phi) is 6.92. The minimum absolute atomic E-state index is 0.0135. The number of hydrogen-bond acceptors (Lipinski definition) is 4. The Morgan fingerprint density at radius 2 is 1.80 bits per heavy atom. The van der Waals surface area contributed by atoms with Crippen molar-refractivity contribution in [2.75, 3.05) is 61.0 Å². The van der Waals surface area contributed by atoms with E-state index >= 15 is 0 Å².